The zero-order chi connectivity index (χ0) is 17.3. The highest BCUT2D eigenvalue weighted by molar-refractivity contribution is 6.31. The standard InChI is InChI=1S/C18H16ClFN2O2/c1-11-6-7-13(9-14(11)19)21-18(24)12-8-17(23)22(10-12)16-5-3-2-4-15(16)20/h2-7,9,12H,8,10H2,1H3,(H,21,24)/t12-/m1/s1. The highest BCUT2D eigenvalue weighted by Crippen LogP contribution is 2.28. The van der Waals surface area contributed by atoms with E-state index in [4.69, 9.17) is 11.6 Å². The van der Waals surface area contributed by atoms with Gasteiger partial charge in [-0.3, -0.25) is 9.59 Å². The molecule has 1 heterocycles. The van der Waals surface area contributed by atoms with Crippen molar-refractivity contribution in [3.05, 3.63) is 58.9 Å². The number of carbonyl (C=O) groups is 2. The van der Waals surface area contributed by atoms with Gasteiger partial charge in [0.1, 0.15) is 5.82 Å². The van der Waals surface area contributed by atoms with Gasteiger partial charge in [-0.15, -0.1) is 0 Å². The second-order valence-corrected chi connectivity index (χ2v) is 6.22. The Morgan fingerprint density at radius 1 is 1.29 bits per heavy atom. The maximum Gasteiger partial charge on any atom is 0.229 e. The first-order valence-corrected chi connectivity index (χ1v) is 7.95. The molecule has 1 N–H and O–H groups in total. The van der Waals surface area contributed by atoms with Crippen LogP contribution in [0.15, 0.2) is 42.5 Å². The van der Waals surface area contributed by atoms with Crippen molar-refractivity contribution in [2.24, 2.45) is 5.92 Å². The Bertz CT molecular complexity index is 809. The number of anilines is 2. The molecule has 0 radical (unpaired) electrons. The van der Waals surface area contributed by atoms with Crippen LogP contribution in [0.3, 0.4) is 0 Å². The first kappa shape index (κ1) is 16.5. The summed E-state index contributed by atoms with van der Waals surface area (Å²) in [4.78, 5) is 25.9. The van der Waals surface area contributed by atoms with Gasteiger partial charge in [-0.05, 0) is 36.8 Å². The number of carbonyl (C=O) groups excluding carboxylic acids is 2. The predicted molar refractivity (Wildman–Crippen MR) is 91.7 cm³/mol. The van der Waals surface area contributed by atoms with Crippen molar-refractivity contribution in [3.8, 4) is 0 Å². The fourth-order valence-corrected chi connectivity index (χ4v) is 2.88. The van der Waals surface area contributed by atoms with Crippen LogP contribution in [-0.2, 0) is 9.59 Å². The average molecular weight is 347 g/mol. The molecule has 2 aromatic rings. The molecule has 0 spiro atoms. The van der Waals surface area contributed by atoms with Crippen LogP contribution in [0, 0.1) is 18.7 Å². The normalized spacial score (nSPS) is 17.2. The molecule has 2 aromatic carbocycles. The lowest BCUT2D eigenvalue weighted by Gasteiger charge is -2.17. The molecule has 2 amide bonds. The van der Waals surface area contributed by atoms with Gasteiger partial charge in [0.25, 0.3) is 0 Å². The summed E-state index contributed by atoms with van der Waals surface area (Å²) in [5, 5.41) is 3.32. The van der Waals surface area contributed by atoms with Crippen molar-refractivity contribution in [2.75, 3.05) is 16.8 Å². The summed E-state index contributed by atoms with van der Waals surface area (Å²) < 4.78 is 13.9. The number of aryl methyl sites for hydroxylation is 1. The van der Waals surface area contributed by atoms with Crippen molar-refractivity contribution in [1.29, 1.82) is 0 Å². The Hall–Kier alpha value is -2.40. The summed E-state index contributed by atoms with van der Waals surface area (Å²) in [6.07, 6.45) is 0.0553. The lowest BCUT2D eigenvalue weighted by molar-refractivity contribution is -0.122. The van der Waals surface area contributed by atoms with Gasteiger partial charge in [0.05, 0.1) is 11.6 Å². The fraction of sp³-hybridized carbons (Fsp3) is 0.222. The number of rotatable bonds is 3. The number of benzene rings is 2. The number of para-hydroxylation sites is 1. The van der Waals surface area contributed by atoms with Gasteiger partial charge >= 0.3 is 0 Å². The first-order chi connectivity index (χ1) is 11.5. The molecule has 1 atom stereocenters. The van der Waals surface area contributed by atoms with E-state index in [0.29, 0.717) is 10.7 Å². The molecule has 0 saturated carbocycles. The molecule has 6 heteroatoms. The van der Waals surface area contributed by atoms with Crippen molar-refractivity contribution in [3.63, 3.8) is 0 Å². The molecule has 0 bridgehead atoms. The first-order valence-electron chi connectivity index (χ1n) is 7.57. The van der Waals surface area contributed by atoms with Crippen LogP contribution in [0.4, 0.5) is 15.8 Å². The molecule has 1 aliphatic heterocycles. The summed E-state index contributed by atoms with van der Waals surface area (Å²) in [6, 6.07) is 11.3. The molecule has 0 aromatic heterocycles. The van der Waals surface area contributed by atoms with Crippen LogP contribution in [0.5, 0.6) is 0 Å². The molecular weight excluding hydrogens is 331 g/mol. The highest BCUT2D eigenvalue weighted by Gasteiger charge is 2.36. The van der Waals surface area contributed by atoms with E-state index in [2.05, 4.69) is 5.32 Å². The van der Waals surface area contributed by atoms with E-state index in [1.54, 1.807) is 24.3 Å². The largest absolute Gasteiger partial charge is 0.326 e. The number of amides is 2. The Labute approximate surface area is 144 Å². The van der Waals surface area contributed by atoms with Crippen molar-refractivity contribution in [1.82, 2.24) is 0 Å². The molecule has 0 aliphatic carbocycles. The predicted octanol–water partition coefficient (Wildman–Crippen LogP) is 3.78. The third kappa shape index (κ3) is 3.26. The fourth-order valence-electron chi connectivity index (χ4n) is 2.70. The smallest absolute Gasteiger partial charge is 0.229 e. The quantitative estimate of drug-likeness (QED) is 0.919. The number of nitrogens with zero attached hydrogens (tertiary/aromatic N) is 1. The second-order valence-electron chi connectivity index (χ2n) is 5.81. The Morgan fingerprint density at radius 3 is 2.75 bits per heavy atom. The molecular formula is C18H16ClFN2O2. The van der Waals surface area contributed by atoms with Crippen LogP contribution in [-0.4, -0.2) is 18.4 Å². The van der Waals surface area contributed by atoms with Gasteiger partial charge in [-0.25, -0.2) is 4.39 Å². The summed E-state index contributed by atoms with van der Waals surface area (Å²) in [5.74, 6) is -1.54. The minimum Gasteiger partial charge on any atom is -0.326 e. The lowest BCUT2D eigenvalue weighted by Crippen LogP contribution is -2.28. The van der Waals surface area contributed by atoms with E-state index in [1.165, 1.54) is 17.0 Å². The van der Waals surface area contributed by atoms with Gasteiger partial charge in [-0.1, -0.05) is 29.8 Å². The van der Waals surface area contributed by atoms with E-state index < -0.39 is 11.7 Å². The number of hydrogen-bond acceptors (Lipinski definition) is 2. The molecule has 4 nitrogen and oxygen atoms in total. The monoisotopic (exact) mass is 346 g/mol. The highest BCUT2D eigenvalue weighted by atomic mass is 35.5. The molecule has 0 unspecified atom stereocenters. The van der Waals surface area contributed by atoms with Gasteiger partial charge in [0.15, 0.2) is 0 Å². The summed E-state index contributed by atoms with van der Waals surface area (Å²) in [5.41, 5.74) is 1.69. The van der Waals surface area contributed by atoms with E-state index in [0.717, 1.165) is 5.56 Å². The van der Waals surface area contributed by atoms with Crippen molar-refractivity contribution in [2.45, 2.75) is 13.3 Å². The minimum atomic E-state index is -0.530. The number of halogens is 2. The van der Waals surface area contributed by atoms with Gasteiger partial charge in [0.2, 0.25) is 11.8 Å². The molecule has 124 valence electrons. The van der Waals surface area contributed by atoms with E-state index in [1.807, 2.05) is 13.0 Å². The maximum atomic E-state index is 13.9. The van der Waals surface area contributed by atoms with Gasteiger partial charge < -0.3 is 10.2 Å². The van der Waals surface area contributed by atoms with Crippen LogP contribution >= 0.6 is 11.6 Å². The summed E-state index contributed by atoms with van der Waals surface area (Å²) in [7, 11) is 0. The third-order valence-electron chi connectivity index (χ3n) is 4.08. The van der Waals surface area contributed by atoms with Crippen molar-refractivity contribution >= 4 is 34.8 Å². The SMILES string of the molecule is Cc1ccc(NC(=O)[C@@H]2CC(=O)N(c3ccccc3F)C2)cc1Cl. The Kier molecular flexibility index (Phi) is 4.53. The van der Waals surface area contributed by atoms with Crippen LogP contribution in [0.25, 0.3) is 0 Å². The third-order valence-corrected chi connectivity index (χ3v) is 4.49. The average Bonchev–Trinajstić information content (AvgIpc) is 2.93. The maximum absolute atomic E-state index is 13.9. The second kappa shape index (κ2) is 6.61. The van der Waals surface area contributed by atoms with E-state index in [-0.39, 0.29) is 30.5 Å². The zero-order valence-electron chi connectivity index (χ0n) is 13.1. The zero-order valence-corrected chi connectivity index (χ0v) is 13.8. The van der Waals surface area contributed by atoms with Crippen molar-refractivity contribution < 1.29 is 14.0 Å². The van der Waals surface area contributed by atoms with Crippen LogP contribution in [0.1, 0.15) is 12.0 Å². The Balaban J connectivity index is 1.72. The van der Waals surface area contributed by atoms with Crippen LogP contribution < -0.4 is 10.2 Å². The number of nitrogens with one attached hydrogen (secondary N) is 1. The summed E-state index contributed by atoms with van der Waals surface area (Å²) in [6.45, 7) is 2.03. The molecule has 24 heavy (non-hydrogen) atoms. The lowest BCUT2D eigenvalue weighted by atomic mass is 10.1. The molecule has 1 aliphatic rings. The number of hydrogen-bond donors (Lipinski definition) is 1. The van der Waals surface area contributed by atoms with Crippen LogP contribution in [0.2, 0.25) is 5.02 Å². The van der Waals surface area contributed by atoms with Gasteiger partial charge in [0, 0.05) is 23.7 Å². The van der Waals surface area contributed by atoms with E-state index in [9.17, 15) is 14.0 Å². The van der Waals surface area contributed by atoms with E-state index >= 15 is 0 Å². The molecule has 3 rings (SSSR count). The Morgan fingerprint density at radius 2 is 2.04 bits per heavy atom. The molecule has 1 fully saturated rings. The molecule has 1 saturated heterocycles. The van der Waals surface area contributed by atoms with Gasteiger partial charge in [-0.2, -0.15) is 0 Å². The minimum absolute atomic E-state index is 0.0553. The summed E-state index contributed by atoms with van der Waals surface area (Å²) >= 11 is 6.05. The topological polar surface area (TPSA) is 49.4 Å².